The summed E-state index contributed by atoms with van der Waals surface area (Å²) in [6, 6.07) is 11.6. The molecule has 3 aromatic rings. The van der Waals surface area contributed by atoms with Crippen LogP contribution in [0.25, 0.3) is 0 Å². The highest BCUT2D eigenvalue weighted by atomic mass is 16.6. The van der Waals surface area contributed by atoms with Gasteiger partial charge in [0, 0.05) is 23.3 Å². The van der Waals surface area contributed by atoms with Crippen LogP contribution in [0.15, 0.2) is 54.9 Å². The van der Waals surface area contributed by atoms with Crippen molar-refractivity contribution < 1.29 is 19.4 Å². The number of hydrazine groups is 2. The van der Waals surface area contributed by atoms with Gasteiger partial charge in [-0.3, -0.25) is 51.5 Å². The van der Waals surface area contributed by atoms with Crippen LogP contribution in [0, 0.1) is 27.2 Å². The van der Waals surface area contributed by atoms with E-state index in [0.29, 0.717) is 11.1 Å². The van der Waals surface area contributed by atoms with Crippen molar-refractivity contribution >= 4 is 34.8 Å². The van der Waals surface area contributed by atoms with E-state index in [2.05, 4.69) is 31.7 Å². The van der Waals surface area contributed by atoms with E-state index < -0.39 is 27.3 Å². The fourth-order valence-corrected chi connectivity index (χ4v) is 2.69. The Balaban J connectivity index is 1.75. The zero-order chi connectivity index (χ0) is 24.0. The Hall–Kier alpha value is -5.14. The van der Waals surface area contributed by atoms with Gasteiger partial charge >= 0.3 is 5.69 Å². The van der Waals surface area contributed by atoms with E-state index in [-0.39, 0.29) is 22.9 Å². The predicted octanol–water partition coefficient (Wildman–Crippen LogP) is 2.12. The second kappa shape index (κ2) is 9.78. The van der Waals surface area contributed by atoms with Gasteiger partial charge in [-0.15, -0.1) is 0 Å². The Kier molecular flexibility index (Phi) is 6.68. The van der Waals surface area contributed by atoms with Gasteiger partial charge in [-0.25, -0.2) is 9.97 Å². The zero-order valence-corrected chi connectivity index (χ0v) is 16.9. The van der Waals surface area contributed by atoms with E-state index in [1.165, 1.54) is 18.2 Å². The van der Waals surface area contributed by atoms with Crippen LogP contribution < -0.4 is 21.7 Å². The van der Waals surface area contributed by atoms with Crippen molar-refractivity contribution in [2.45, 2.75) is 6.92 Å². The molecule has 0 saturated carbocycles. The highest BCUT2D eigenvalue weighted by molar-refractivity contribution is 5.97. The molecule has 0 aliphatic carbocycles. The first kappa shape index (κ1) is 22.5. The predicted molar refractivity (Wildman–Crippen MR) is 115 cm³/mol. The molecule has 1 aromatic heterocycles. The molecule has 3 rings (SSSR count). The maximum Gasteiger partial charge on any atom is 0.356 e. The Bertz CT molecular complexity index is 1250. The molecule has 14 heteroatoms. The third-order valence-electron chi connectivity index (χ3n) is 4.30. The summed E-state index contributed by atoms with van der Waals surface area (Å²) in [7, 11) is 0. The van der Waals surface area contributed by atoms with Crippen molar-refractivity contribution in [2.24, 2.45) is 0 Å². The van der Waals surface area contributed by atoms with Crippen molar-refractivity contribution in [3.63, 3.8) is 0 Å². The maximum atomic E-state index is 12.3. The quantitative estimate of drug-likeness (QED) is 0.290. The molecule has 0 aliphatic heterocycles. The van der Waals surface area contributed by atoms with E-state index in [0.717, 1.165) is 12.4 Å². The Labute approximate surface area is 185 Å². The second-order valence-electron chi connectivity index (χ2n) is 6.46. The molecule has 14 nitrogen and oxygen atoms in total. The summed E-state index contributed by atoms with van der Waals surface area (Å²) >= 11 is 0. The van der Waals surface area contributed by atoms with Crippen molar-refractivity contribution in [1.29, 1.82) is 0 Å². The molecule has 2 aromatic carbocycles. The number of hydrogen-bond acceptors (Lipinski definition) is 10. The van der Waals surface area contributed by atoms with Gasteiger partial charge < -0.3 is 0 Å². The van der Waals surface area contributed by atoms with Gasteiger partial charge in [0.15, 0.2) is 0 Å². The first-order valence-corrected chi connectivity index (χ1v) is 9.20. The van der Waals surface area contributed by atoms with Gasteiger partial charge in [-0.1, -0.05) is 24.3 Å². The lowest BCUT2D eigenvalue weighted by molar-refractivity contribution is -0.384. The van der Waals surface area contributed by atoms with Gasteiger partial charge in [0.05, 0.1) is 9.85 Å². The Morgan fingerprint density at radius 1 is 0.848 bits per heavy atom. The summed E-state index contributed by atoms with van der Waals surface area (Å²) < 4.78 is 0. The monoisotopic (exact) mass is 452 g/mol. The molecular weight excluding hydrogens is 436 g/mol. The molecule has 0 bridgehead atoms. The van der Waals surface area contributed by atoms with E-state index in [9.17, 15) is 29.8 Å². The lowest BCUT2D eigenvalue weighted by Crippen LogP contribution is -2.32. The molecule has 2 amide bonds. The minimum Gasteiger partial charge on any atom is -0.276 e. The van der Waals surface area contributed by atoms with Gasteiger partial charge in [-0.05, 0) is 24.6 Å². The molecular formula is C19H16N8O6. The first-order chi connectivity index (χ1) is 15.8. The fourth-order valence-electron chi connectivity index (χ4n) is 2.69. The third-order valence-corrected chi connectivity index (χ3v) is 4.30. The van der Waals surface area contributed by atoms with Crippen LogP contribution in [0.5, 0.6) is 0 Å². The number of anilines is 2. The SMILES string of the molecule is Cc1ccccc1C(=O)NNc1ncnc(NNC(=O)c2cccc([N+](=O)[O-])c2)c1[N+](=O)[O-]. The van der Waals surface area contributed by atoms with E-state index in [4.69, 9.17) is 0 Å². The Morgan fingerprint density at radius 3 is 2.09 bits per heavy atom. The number of carbonyl (C=O) groups excluding carboxylic acids is 2. The number of hydrogen-bond donors (Lipinski definition) is 4. The number of aromatic nitrogens is 2. The summed E-state index contributed by atoms with van der Waals surface area (Å²) in [6.07, 6.45) is 0.969. The molecule has 0 unspecified atom stereocenters. The van der Waals surface area contributed by atoms with Crippen LogP contribution in [-0.2, 0) is 0 Å². The normalized spacial score (nSPS) is 10.1. The van der Waals surface area contributed by atoms with Crippen molar-refractivity contribution in [1.82, 2.24) is 20.8 Å². The lowest BCUT2D eigenvalue weighted by atomic mass is 10.1. The van der Waals surface area contributed by atoms with Gasteiger partial charge in [0.2, 0.25) is 11.6 Å². The Morgan fingerprint density at radius 2 is 1.48 bits per heavy atom. The molecule has 0 aliphatic rings. The molecule has 4 N–H and O–H groups in total. The molecule has 0 radical (unpaired) electrons. The topological polar surface area (TPSA) is 194 Å². The number of non-ortho nitro benzene ring substituents is 1. The van der Waals surface area contributed by atoms with Crippen molar-refractivity contribution in [3.8, 4) is 0 Å². The smallest absolute Gasteiger partial charge is 0.276 e. The van der Waals surface area contributed by atoms with E-state index in [1.807, 2.05) is 0 Å². The standard InChI is InChI=1S/C19H16N8O6/c1-11-5-2-3-8-14(11)19(29)25-23-17-15(27(32)33)16(20-10-21-17)22-24-18(28)12-6-4-7-13(9-12)26(30)31/h2-10H,1H3,(H,24,28)(H,25,29)(H2,20,21,22,23). The zero-order valence-electron chi connectivity index (χ0n) is 16.9. The van der Waals surface area contributed by atoms with Crippen molar-refractivity contribution in [3.05, 3.63) is 91.8 Å². The van der Waals surface area contributed by atoms with Crippen LogP contribution in [-0.4, -0.2) is 31.6 Å². The van der Waals surface area contributed by atoms with Gasteiger partial charge in [0.25, 0.3) is 17.5 Å². The number of rotatable bonds is 8. The van der Waals surface area contributed by atoms with Crippen LogP contribution >= 0.6 is 0 Å². The summed E-state index contributed by atoms with van der Waals surface area (Å²) in [4.78, 5) is 53.1. The molecule has 0 atom stereocenters. The van der Waals surface area contributed by atoms with E-state index >= 15 is 0 Å². The highest BCUT2D eigenvalue weighted by Crippen LogP contribution is 2.28. The number of nitrogens with one attached hydrogen (secondary N) is 4. The summed E-state index contributed by atoms with van der Waals surface area (Å²) in [5.41, 5.74) is 9.20. The van der Waals surface area contributed by atoms with Gasteiger partial charge in [0.1, 0.15) is 6.33 Å². The minimum atomic E-state index is -0.815. The van der Waals surface area contributed by atoms with Crippen LogP contribution in [0.3, 0.4) is 0 Å². The average Bonchev–Trinajstić information content (AvgIpc) is 2.81. The van der Waals surface area contributed by atoms with Crippen LogP contribution in [0.1, 0.15) is 26.3 Å². The molecule has 0 spiro atoms. The molecule has 1 heterocycles. The molecule has 0 saturated heterocycles. The number of carbonyl (C=O) groups is 2. The average molecular weight is 452 g/mol. The number of amides is 2. The second-order valence-corrected chi connectivity index (χ2v) is 6.46. The molecule has 0 fully saturated rings. The number of benzene rings is 2. The van der Waals surface area contributed by atoms with Crippen LogP contribution in [0.2, 0.25) is 0 Å². The van der Waals surface area contributed by atoms with Crippen molar-refractivity contribution in [2.75, 3.05) is 10.9 Å². The van der Waals surface area contributed by atoms with Gasteiger partial charge in [-0.2, -0.15) is 0 Å². The van der Waals surface area contributed by atoms with E-state index in [1.54, 1.807) is 31.2 Å². The maximum absolute atomic E-state index is 12.3. The number of nitro groups is 2. The third kappa shape index (κ3) is 5.32. The summed E-state index contributed by atoms with van der Waals surface area (Å²) in [5.74, 6) is -2.08. The summed E-state index contributed by atoms with van der Waals surface area (Å²) in [5, 5.41) is 22.5. The number of nitrogens with zero attached hydrogens (tertiary/aromatic N) is 4. The lowest BCUT2D eigenvalue weighted by Gasteiger charge is -2.12. The fraction of sp³-hybridized carbons (Fsp3) is 0.0526. The van der Waals surface area contributed by atoms with Crippen LogP contribution in [0.4, 0.5) is 23.0 Å². The summed E-state index contributed by atoms with van der Waals surface area (Å²) in [6.45, 7) is 1.73. The highest BCUT2D eigenvalue weighted by Gasteiger charge is 2.24. The largest absolute Gasteiger partial charge is 0.356 e. The molecule has 33 heavy (non-hydrogen) atoms. The number of nitro benzene ring substituents is 1. The minimum absolute atomic E-state index is 0.0581. The number of aryl methyl sites for hydroxylation is 1. The molecule has 168 valence electrons. The first-order valence-electron chi connectivity index (χ1n) is 9.20.